The van der Waals surface area contributed by atoms with E-state index in [1.165, 1.54) is 0 Å². The Hall–Kier alpha value is -2.40. The Morgan fingerprint density at radius 2 is 2.00 bits per heavy atom. The summed E-state index contributed by atoms with van der Waals surface area (Å²) in [6.45, 7) is 2.99. The summed E-state index contributed by atoms with van der Waals surface area (Å²) in [5.41, 5.74) is 2.39. The third-order valence-corrected chi connectivity index (χ3v) is 4.14. The lowest BCUT2D eigenvalue weighted by atomic mass is 10.2. The fourth-order valence-corrected chi connectivity index (χ4v) is 2.77. The lowest BCUT2D eigenvalue weighted by molar-refractivity contribution is -0.130. The molecule has 6 heteroatoms. The normalized spacial score (nSPS) is 11.0. The highest BCUT2D eigenvalue weighted by molar-refractivity contribution is 6.30. The van der Waals surface area contributed by atoms with Crippen molar-refractivity contribution in [2.45, 2.75) is 19.9 Å². The predicted octanol–water partition coefficient (Wildman–Crippen LogP) is 3.62. The number of rotatable bonds is 5. The van der Waals surface area contributed by atoms with E-state index in [-0.39, 0.29) is 12.5 Å². The first kappa shape index (κ1) is 16.5. The van der Waals surface area contributed by atoms with Crippen molar-refractivity contribution in [3.05, 3.63) is 47.6 Å². The van der Waals surface area contributed by atoms with Crippen LogP contribution in [-0.4, -0.2) is 38.9 Å². The average molecular weight is 343 g/mol. The Kier molecular flexibility index (Phi) is 4.81. The van der Waals surface area contributed by atoms with Gasteiger partial charge in [0.1, 0.15) is 17.9 Å². The number of imidazole rings is 1. The van der Waals surface area contributed by atoms with Crippen LogP contribution < -0.4 is 0 Å². The van der Waals surface area contributed by atoms with E-state index in [1.54, 1.807) is 11.1 Å². The molecule has 0 aliphatic carbocycles. The van der Waals surface area contributed by atoms with Crippen molar-refractivity contribution < 1.29 is 4.79 Å². The number of hydrogen-bond acceptors (Lipinski definition) is 3. The molecule has 0 fully saturated rings. The first-order valence-corrected chi connectivity index (χ1v) is 8.29. The first-order valence-electron chi connectivity index (χ1n) is 7.91. The minimum Gasteiger partial charge on any atom is -0.344 e. The second-order valence-electron chi connectivity index (χ2n) is 5.69. The molecule has 5 nitrogen and oxygen atoms in total. The van der Waals surface area contributed by atoms with Gasteiger partial charge in [-0.2, -0.15) is 0 Å². The Labute approximate surface area is 145 Å². The standard InChI is InChI=1S/C18H19ClN4O/c1-3-11-22(2)16(24)12-23-17(13-6-8-14(19)9-7-13)21-15-5-4-10-20-18(15)23/h4-10H,3,11-12H2,1-2H3. The fourth-order valence-electron chi connectivity index (χ4n) is 2.64. The topological polar surface area (TPSA) is 51.0 Å². The van der Waals surface area contributed by atoms with Gasteiger partial charge in [0.05, 0.1) is 0 Å². The summed E-state index contributed by atoms with van der Waals surface area (Å²) < 4.78 is 1.87. The van der Waals surface area contributed by atoms with Crippen LogP contribution in [0.5, 0.6) is 0 Å². The van der Waals surface area contributed by atoms with Crippen LogP contribution in [0.25, 0.3) is 22.6 Å². The van der Waals surface area contributed by atoms with Gasteiger partial charge in [0, 0.05) is 30.4 Å². The van der Waals surface area contributed by atoms with Crippen LogP contribution in [0.2, 0.25) is 5.02 Å². The summed E-state index contributed by atoms with van der Waals surface area (Å²) >= 11 is 5.98. The number of pyridine rings is 1. The molecule has 3 rings (SSSR count). The second kappa shape index (κ2) is 7.01. The minimum atomic E-state index is 0.0389. The number of carbonyl (C=O) groups is 1. The van der Waals surface area contributed by atoms with Crippen LogP contribution in [0.1, 0.15) is 13.3 Å². The molecular weight excluding hydrogens is 324 g/mol. The van der Waals surface area contributed by atoms with Crippen LogP contribution in [0.4, 0.5) is 0 Å². The Morgan fingerprint density at radius 3 is 2.71 bits per heavy atom. The maximum atomic E-state index is 12.5. The van der Waals surface area contributed by atoms with Gasteiger partial charge in [-0.3, -0.25) is 9.36 Å². The third-order valence-electron chi connectivity index (χ3n) is 3.88. The van der Waals surface area contributed by atoms with Crippen LogP contribution in [0.3, 0.4) is 0 Å². The van der Waals surface area contributed by atoms with Crippen LogP contribution in [0.15, 0.2) is 42.6 Å². The maximum Gasteiger partial charge on any atom is 0.242 e. The second-order valence-corrected chi connectivity index (χ2v) is 6.13. The lowest BCUT2D eigenvalue weighted by Gasteiger charge is -2.17. The molecule has 0 saturated carbocycles. The number of carbonyl (C=O) groups excluding carboxylic acids is 1. The molecule has 2 heterocycles. The van der Waals surface area contributed by atoms with Crippen LogP contribution >= 0.6 is 11.6 Å². The van der Waals surface area contributed by atoms with Crippen molar-refractivity contribution in [1.82, 2.24) is 19.4 Å². The number of hydrogen-bond donors (Lipinski definition) is 0. The molecule has 3 aromatic rings. The van der Waals surface area contributed by atoms with Crippen LogP contribution in [0, 0.1) is 0 Å². The zero-order valence-corrected chi connectivity index (χ0v) is 14.5. The monoisotopic (exact) mass is 342 g/mol. The van der Waals surface area contributed by atoms with Gasteiger partial charge in [-0.1, -0.05) is 18.5 Å². The zero-order valence-electron chi connectivity index (χ0n) is 13.7. The van der Waals surface area contributed by atoms with Gasteiger partial charge in [-0.15, -0.1) is 0 Å². The van der Waals surface area contributed by atoms with Crippen molar-refractivity contribution in [3.8, 4) is 11.4 Å². The minimum absolute atomic E-state index is 0.0389. The molecule has 1 amide bonds. The van der Waals surface area contributed by atoms with Gasteiger partial charge in [0.25, 0.3) is 0 Å². The highest BCUT2D eigenvalue weighted by Crippen LogP contribution is 2.25. The van der Waals surface area contributed by atoms with Gasteiger partial charge >= 0.3 is 0 Å². The average Bonchev–Trinajstić information content (AvgIpc) is 2.94. The molecule has 2 aromatic heterocycles. The van der Waals surface area contributed by atoms with E-state index in [9.17, 15) is 4.79 Å². The number of nitrogens with zero attached hydrogens (tertiary/aromatic N) is 4. The Balaban J connectivity index is 2.05. The van der Waals surface area contributed by atoms with E-state index in [0.717, 1.165) is 29.9 Å². The van der Waals surface area contributed by atoms with Crippen molar-refractivity contribution in [2.75, 3.05) is 13.6 Å². The number of likely N-dealkylation sites (N-methyl/N-ethyl adjacent to an activating group) is 1. The van der Waals surface area contributed by atoms with E-state index in [0.29, 0.717) is 10.7 Å². The molecule has 124 valence electrons. The molecule has 0 aliphatic rings. The summed E-state index contributed by atoms with van der Waals surface area (Å²) in [6.07, 6.45) is 2.64. The summed E-state index contributed by atoms with van der Waals surface area (Å²) in [7, 11) is 1.82. The number of aromatic nitrogens is 3. The zero-order chi connectivity index (χ0) is 17.1. The van der Waals surface area contributed by atoms with Crippen molar-refractivity contribution >= 4 is 28.7 Å². The fraction of sp³-hybridized carbons (Fsp3) is 0.278. The van der Waals surface area contributed by atoms with Gasteiger partial charge in [-0.25, -0.2) is 9.97 Å². The van der Waals surface area contributed by atoms with Crippen molar-refractivity contribution in [1.29, 1.82) is 0 Å². The molecule has 1 aromatic carbocycles. The van der Waals surface area contributed by atoms with Crippen molar-refractivity contribution in [3.63, 3.8) is 0 Å². The summed E-state index contributed by atoms with van der Waals surface area (Å²) in [5.74, 6) is 0.760. The summed E-state index contributed by atoms with van der Waals surface area (Å²) in [4.78, 5) is 23.3. The predicted molar refractivity (Wildman–Crippen MR) is 95.9 cm³/mol. The molecule has 0 unspecified atom stereocenters. The van der Waals surface area contributed by atoms with Gasteiger partial charge in [0.15, 0.2) is 5.65 Å². The number of benzene rings is 1. The van der Waals surface area contributed by atoms with Gasteiger partial charge in [0.2, 0.25) is 5.91 Å². The van der Waals surface area contributed by atoms with E-state index < -0.39 is 0 Å². The van der Waals surface area contributed by atoms with E-state index in [4.69, 9.17) is 11.6 Å². The molecule has 0 N–H and O–H groups in total. The highest BCUT2D eigenvalue weighted by Gasteiger charge is 2.17. The smallest absolute Gasteiger partial charge is 0.242 e. The molecule has 0 spiro atoms. The van der Waals surface area contributed by atoms with E-state index >= 15 is 0 Å². The molecule has 0 atom stereocenters. The van der Waals surface area contributed by atoms with Gasteiger partial charge < -0.3 is 4.90 Å². The Bertz CT molecular complexity index is 857. The largest absolute Gasteiger partial charge is 0.344 e. The van der Waals surface area contributed by atoms with E-state index in [2.05, 4.69) is 16.9 Å². The molecule has 24 heavy (non-hydrogen) atoms. The molecule has 0 aliphatic heterocycles. The summed E-state index contributed by atoms with van der Waals surface area (Å²) in [5, 5.41) is 0.665. The lowest BCUT2D eigenvalue weighted by Crippen LogP contribution is -2.31. The van der Waals surface area contributed by atoms with Gasteiger partial charge in [-0.05, 0) is 42.8 Å². The number of halogens is 1. The molecule has 0 bridgehead atoms. The van der Waals surface area contributed by atoms with Crippen molar-refractivity contribution in [2.24, 2.45) is 0 Å². The molecule has 0 saturated heterocycles. The van der Waals surface area contributed by atoms with Crippen LogP contribution in [-0.2, 0) is 11.3 Å². The Morgan fingerprint density at radius 1 is 1.25 bits per heavy atom. The molecule has 0 radical (unpaired) electrons. The number of fused-ring (bicyclic) bond motifs is 1. The molecular formula is C18H19ClN4O. The maximum absolute atomic E-state index is 12.5. The first-order chi connectivity index (χ1) is 11.6. The van der Waals surface area contributed by atoms with E-state index in [1.807, 2.05) is 48.0 Å². The third kappa shape index (κ3) is 3.26. The SMILES string of the molecule is CCCN(C)C(=O)Cn1c(-c2ccc(Cl)cc2)nc2cccnc21. The number of amides is 1. The quantitative estimate of drug-likeness (QED) is 0.711. The highest BCUT2D eigenvalue weighted by atomic mass is 35.5. The summed E-state index contributed by atoms with van der Waals surface area (Å²) in [6, 6.07) is 11.2.